The molecule has 1 amide bonds. The zero-order chi connectivity index (χ0) is 20.4. The number of halogens is 1. The number of hydrogen-bond donors (Lipinski definition) is 2. The maximum absolute atomic E-state index is 12.2. The number of nitrogens with zero attached hydrogens (tertiary/aromatic N) is 4. The predicted molar refractivity (Wildman–Crippen MR) is 115 cm³/mol. The first-order chi connectivity index (χ1) is 14.0. The van der Waals surface area contributed by atoms with Gasteiger partial charge in [-0.25, -0.2) is 14.6 Å². The van der Waals surface area contributed by atoms with Gasteiger partial charge >= 0.3 is 0 Å². The molecule has 3 aromatic rings. The highest BCUT2D eigenvalue weighted by Gasteiger charge is 2.22. The predicted octanol–water partition coefficient (Wildman–Crippen LogP) is 3.80. The van der Waals surface area contributed by atoms with Crippen LogP contribution in [-0.4, -0.2) is 38.7 Å². The standard InChI is InChI=1S/C21H25ClN6O/c1-13-18-19(23-11-12-24-21(29)15-7-3-4-8-15)25-14(2)26-20(18)28(27-13)17-10-6-5-9-16(17)22/h5-6,9-10,15H,3-4,7-8,11-12H2,1-2H3,(H,24,29)(H,23,25,26). The smallest absolute Gasteiger partial charge is 0.223 e. The number of aryl methyl sites for hydroxylation is 2. The van der Waals surface area contributed by atoms with Gasteiger partial charge in [-0.1, -0.05) is 36.6 Å². The van der Waals surface area contributed by atoms with Crippen molar-refractivity contribution in [2.24, 2.45) is 5.92 Å². The molecule has 0 saturated heterocycles. The van der Waals surface area contributed by atoms with Crippen LogP contribution in [0.3, 0.4) is 0 Å². The van der Waals surface area contributed by atoms with Gasteiger partial charge in [0.1, 0.15) is 11.6 Å². The molecule has 0 spiro atoms. The van der Waals surface area contributed by atoms with Crippen molar-refractivity contribution in [3.63, 3.8) is 0 Å². The monoisotopic (exact) mass is 412 g/mol. The maximum atomic E-state index is 12.2. The third-order valence-electron chi connectivity index (χ3n) is 5.34. The fraction of sp³-hybridized carbons (Fsp3) is 0.429. The van der Waals surface area contributed by atoms with Gasteiger partial charge in [0.25, 0.3) is 0 Å². The molecule has 1 fully saturated rings. The Morgan fingerprint density at radius 2 is 1.93 bits per heavy atom. The highest BCUT2D eigenvalue weighted by atomic mass is 35.5. The van der Waals surface area contributed by atoms with Gasteiger partial charge in [-0.3, -0.25) is 4.79 Å². The van der Waals surface area contributed by atoms with Crippen LogP contribution in [0.15, 0.2) is 24.3 Å². The number of anilines is 1. The maximum Gasteiger partial charge on any atom is 0.223 e. The molecule has 152 valence electrons. The van der Waals surface area contributed by atoms with Crippen molar-refractivity contribution in [1.82, 2.24) is 25.1 Å². The number of rotatable bonds is 6. The molecule has 0 aliphatic heterocycles. The van der Waals surface area contributed by atoms with Crippen molar-refractivity contribution in [2.45, 2.75) is 39.5 Å². The molecule has 1 aliphatic carbocycles. The van der Waals surface area contributed by atoms with Crippen molar-refractivity contribution in [2.75, 3.05) is 18.4 Å². The average molecular weight is 413 g/mol. The van der Waals surface area contributed by atoms with Crippen LogP contribution in [0, 0.1) is 19.8 Å². The highest BCUT2D eigenvalue weighted by Crippen LogP contribution is 2.29. The van der Waals surface area contributed by atoms with E-state index >= 15 is 0 Å². The second kappa shape index (κ2) is 8.37. The lowest BCUT2D eigenvalue weighted by molar-refractivity contribution is -0.124. The van der Waals surface area contributed by atoms with Crippen LogP contribution in [-0.2, 0) is 4.79 Å². The van der Waals surface area contributed by atoms with Crippen LogP contribution in [0.4, 0.5) is 5.82 Å². The van der Waals surface area contributed by atoms with Crippen LogP contribution in [0.5, 0.6) is 0 Å². The molecule has 2 aromatic heterocycles. The number of hydrogen-bond acceptors (Lipinski definition) is 5. The number of nitrogens with one attached hydrogen (secondary N) is 2. The van der Waals surface area contributed by atoms with Crippen molar-refractivity contribution >= 4 is 34.4 Å². The minimum atomic E-state index is 0.163. The summed E-state index contributed by atoms with van der Waals surface area (Å²) in [6, 6.07) is 7.55. The largest absolute Gasteiger partial charge is 0.368 e. The molecule has 0 radical (unpaired) electrons. The van der Waals surface area contributed by atoms with Crippen molar-refractivity contribution in [3.8, 4) is 5.69 Å². The van der Waals surface area contributed by atoms with Crippen LogP contribution >= 0.6 is 11.6 Å². The third-order valence-corrected chi connectivity index (χ3v) is 5.66. The summed E-state index contributed by atoms with van der Waals surface area (Å²) >= 11 is 6.37. The molecule has 29 heavy (non-hydrogen) atoms. The number of para-hydroxylation sites is 1. The van der Waals surface area contributed by atoms with Gasteiger partial charge in [-0.2, -0.15) is 5.10 Å². The average Bonchev–Trinajstić information content (AvgIpc) is 3.34. The van der Waals surface area contributed by atoms with E-state index in [9.17, 15) is 4.79 Å². The fourth-order valence-corrected chi connectivity index (χ4v) is 4.13. The Bertz CT molecular complexity index is 1040. The van der Waals surface area contributed by atoms with E-state index in [1.807, 2.05) is 38.1 Å². The zero-order valence-corrected chi connectivity index (χ0v) is 17.5. The molecular weight excluding hydrogens is 388 g/mol. The van der Waals surface area contributed by atoms with Gasteiger partial charge in [-0.15, -0.1) is 0 Å². The molecular formula is C21H25ClN6O. The second-order valence-electron chi connectivity index (χ2n) is 7.47. The van der Waals surface area contributed by atoms with Crippen molar-refractivity contribution in [3.05, 3.63) is 40.8 Å². The lowest BCUT2D eigenvalue weighted by Gasteiger charge is -2.12. The lowest BCUT2D eigenvalue weighted by Crippen LogP contribution is -2.33. The summed E-state index contributed by atoms with van der Waals surface area (Å²) in [5, 5.41) is 12.5. The Kier molecular flexibility index (Phi) is 5.67. The van der Waals surface area contributed by atoms with E-state index in [1.54, 1.807) is 4.68 Å². The normalized spacial score (nSPS) is 14.4. The summed E-state index contributed by atoms with van der Waals surface area (Å²) in [7, 11) is 0. The molecule has 2 heterocycles. The van der Waals surface area contributed by atoms with Crippen LogP contribution in [0.2, 0.25) is 5.02 Å². The minimum Gasteiger partial charge on any atom is -0.368 e. The van der Waals surface area contributed by atoms with Gasteiger partial charge in [0.15, 0.2) is 5.65 Å². The summed E-state index contributed by atoms with van der Waals surface area (Å²) in [4.78, 5) is 21.3. The van der Waals surface area contributed by atoms with E-state index in [0.717, 1.165) is 48.3 Å². The van der Waals surface area contributed by atoms with Crippen molar-refractivity contribution < 1.29 is 4.79 Å². The Balaban J connectivity index is 1.54. The topological polar surface area (TPSA) is 84.7 Å². The van der Waals surface area contributed by atoms with E-state index < -0.39 is 0 Å². The number of benzene rings is 1. The van der Waals surface area contributed by atoms with Crippen molar-refractivity contribution in [1.29, 1.82) is 0 Å². The number of carbonyl (C=O) groups excluding carboxylic acids is 1. The van der Waals surface area contributed by atoms with E-state index in [1.165, 1.54) is 0 Å². The Morgan fingerprint density at radius 1 is 1.17 bits per heavy atom. The molecule has 1 aliphatic rings. The summed E-state index contributed by atoms with van der Waals surface area (Å²) in [5.41, 5.74) is 2.30. The van der Waals surface area contributed by atoms with E-state index in [0.29, 0.717) is 29.6 Å². The van der Waals surface area contributed by atoms with Crippen LogP contribution in [0.25, 0.3) is 16.7 Å². The van der Waals surface area contributed by atoms with E-state index in [-0.39, 0.29) is 11.8 Å². The van der Waals surface area contributed by atoms with E-state index in [2.05, 4.69) is 25.7 Å². The van der Waals surface area contributed by atoms with Gasteiger partial charge in [0, 0.05) is 19.0 Å². The third kappa shape index (κ3) is 4.05. The lowest BCUT2D eigenvalue weighted by atomic mass is 10.1. The van der Waals surface area contributed by atoms with Gasteiger partial charge < -0.3 is 10.6 Å². The molecule has 1 aromatic carbocycles. The summed E-state index contributed by atoms with van der Waals surface area (Å²) in [5.74, 6) is 1.71. The Labute approximate surface area is 174 Å². The van der Waals surface area contributed by atoms with Gasteiger partial charge in [0.05, 0.1) is 21.8 Å². The van der Waals surface area contributed by atoms with Crippen LogP contribution < -0.4 is 10.6 Å². The number of fused-ring (bicyclic) bond motifs is 1. The molecule has 1 saturated carbocycles. The minimum absolute atomic E-state index is 0.163. The summed E-state index contributed by atoms with van der Waals surface area (Å²) in [6.45, 7) is 4.92. The number of amides is 1. The quantitative estimate of drug-likeness (QED) is 0.601. The first-order valence-corrected chi connectivity index (χ1v) is 10.4. The SMILES string of the molecule is Cc1nc(NCCNC(=O)C2CCCC2)c2c(C)nn(-c3ccccc3Cl)c2n1. The van der Waals surface area contributed by atoms with Gasteiger partial charge in [-0.05, 0) is 38.8 Å². The molecule has 7 nitrogen and oxygen atoms in total. The summed E-state index contributed by atoms with van der Waals surface area (Å²) in [6.07, 6.45) is 4.32. The van der Waals surface area contributed by atoms with E-state index in [4.69, 9.17) is 11.6 Å². The molecule has 0 bridgehead atoms. The first kappa shape index (κ1) is 19.6. The molecule has 2 N–H and O–H groups in total. The number of aromatic nitrogens is 4. The fourth-order valence-electron chi connectivity index (χ4n) is 3.91. The molecule has 8 heteroatoms. The Hall–Kier alpha value is -2.67. The van der Waals surface area contributed by atoms with Gasteiger partial charge in [0.2, 0.25) is 5.91 Å². The zero-order valence-electron chi connectivity index (χ0n) is 16.7. The highest BCUT2D eigenvalue weighted by molar-refractivity contribution is 6.32. The number of carbonyl (C=O) groups is 1. The summed E-state index contributed by atoms with van der Waals surface area (Å²) < 4.78 is 1.76. The molecule has 4 rings (SSSR count). The second-order valence-corrected chi connectivity index (χ2v) is 7.87. The van der Waals surface area contributed by atoms with Crippen LogP contribution in [0.1, 0.15) is 37.2 Å². The molecule has 0 unspecified atom stereocenters. The Morgan fingerprint density at radius 3 is 2.69 bits per heavy atom. The molecule has 0 atom stereocenters. The first-order valence-electron chi connectivity index (χ1n) is 10.0.